The summed E-state index contributed by atoms with van der Waals surface area (Å²) >= 11 is 0. The van der Waals surface area contributed by atoms with Crippen molar-refractivity contribution in [1.82, 2.24) is 15.3 Å². The molecule has 4 aromatic rings. The molecule has 35 heavy (non-hydrogen) atoms. The van der Waals surface area contributed by atoms with Crippen LogP contribution in [0.25, 0.3) is 0 Å². The molecule has 2 aromatic carbocycles. The van der Waals surface area contributed by atoms with Gasteiger partial charge in [-0.05, 0) is 89.7 Å². The zero-order valence-electron chi connectivity index (χ0n) is 19.4. The highest BCUT2D eigenvalue weighted by molar-refractivity contribution is 5.94. The van der Waals surface area contributed by atoms with Crippen LogP contribution in [0.1, 0.15) is 61.6 Å². The molecule has 7 nitrogen and oxygen atoms in total. The van der Waals surface area contributed by atoms with Crippen LogP contribution >= 0.6 is 0 Å². The average Bonchev–Trinajstić information content (AvgIpc) is 3.41. The van der Waals surface area contributed by atoms with E-state index in [9.17, 15) is 4.79 Å². The van der Waals surface area contributed by atoms with Crippen molar-refractivity contribution >= 4 is 11.7 Å². The topological polar surface area (TPSA) is 99.4 Å². The van der Waals surface area contributed by atoms with Crippen LogP contribution in [0, 0.1) is 13.8 Å². The quantitative estimate of drug-likeness (QED) is 0.435. The van der Waals surface area contributed by atoms with E-state index in [-0.39, 0.29) is 18.1 Å². The number of ether oxygens (including phenoxy) is 2. The van der Waals surface area contributed by atoms with Crippen molar-refractivity contribution in [1.29, 1.82) is 0 Å². The van der Waals surface area contributed by atoms with Crippen LogP contribution in [-0.4, -0.2) is 15.9 Å². The predicted molar refractivity (Wildman–Crippen MR) is 131 cm³/mol. The Morgan fingerprint density at radius 1 is 1.00 bits per heavy atom. The molecule has 0 fully saturated rings. The molecule has 6 rings (SSSR count). The van der Waals surface area contributed by atoms with Gasteiger partial charge in [0.05, 0.1) is 6.20 Å². The monoisotopic (exact) mass is 464 g/mol. The van der Waals surface area contributed by atoms with Gasteiger partial charge in [-0.15, -0.1) is 0 Å². The largest absolute Gasteiger partial charge is 0.456 e. The Bertz CT molecular complexity index is 1450. The Morgan fingerprint density at radius 3 is 2.54 bits per heavy atom. The van der Waals surface area contributed by atoms with Gasteiger partial charge in [0.15, 0.2) is 0 Å². The molecule has 2 aromatic heterocycles. The van der Waals surface area contributed by atoms with Crippen molar-refractivity contribution in [2.45, 2.75) is 32.6 Å². The lowest BCUT2D eigenvalue weighted by atomic mass is 9.85. The fraction of sp³-hybridized carbons (Fsp3) is 0.179. The Balaban J connectivity index is 1.23. The van der Waals surface area contributed by atoms with E-state index in [2.05, 4.69) is 21.4 Å². The van der Waals surface area contributed by atoms with E-state index in [0.717, 1.165) is 44.8 Å². The molecule has 174 valence electrons. The molecule has 0 radical (unpaired) electrons. The summed E-state index contributed by atoms with van der Waals surface area (Å²) in [7, 11) is 0. The van der Waals surface area contributed by atoms with Gasteiger partial charge in [0.1, 0.15) is 29.5 Å². The average molecular weight is 465 g/mol. The predicted octanol–water partition coefficient (Wildman–Crippen LogP) is 4.92. The summed E-state index contributed by atoms with van der Waals surface area (Å²) in [4.78, 5) is 21.4. The molecular weight excluding hydrogens is 440 g/mol. The first-order valence-electron chi connectivity index (χ1n) is 11.5. The summed E-state index contributed by atoms with van der Waals surface area (Å²) in [5, 5.41) is 3.02. The van der Waals surface area contributed by atoms with Gasteiger partial charge in [-0.3, -0.25) is 9.78 Å². The summed E-state index contributed by atoms with van der Waals surface area (Å²) in [5.41, 5.74) is 13.6. The van der Waals surface area contributed by atoms with Crippen molar-refractivity contribution in [3.63, 3.8) is 0 Å². The number of hydrogen-bond donors (Lipinski definition) is 2. The summed E-state index contributed by atoms with van der Waals surface area (Å²) in [5.74, 6) is 1.75. The van der Waals surface area contributed by atoms with Crippen LogP contribution in [0.3, 0.4) is 0 Å². The van der Waals surface area contributed by atoms with Crippen LogP contribution in [0.4, 0.5) is 5.82 Å². The standard InChI is InChI=1S/C28H24N4O3/c1-15-10-25(29)32-16(2)24(15)14-31-28(33)17-5-7-20-22(11-17)27-23-12-18(6-8-21(23)26(20)35-27)34-19-4-3-9-30-13-19/h3-13,26-27H,14H2,1-2H3,(H2,29,32)(H,31,33). The Labute approximate surface area is 202 Å². The third-order valence-electron chi connectivity index (χ3n) is 6.68. The number of rotatable bonds is 5. The van der Waals surface area contributed by atoms with E-state index in [0.29, 0.717) is 23.7 Å². The maximum Gasteiger partial charge on any atom is 0.251 e. The number of aromatic nitrogens is 2. The van der Waals surface area contributed by atoms with E-state index < -0.39 is 0 Å². The van der Waals surface area contributed by atoms with E-state index >= 15 is 0 Å². The first-order chi connectivity index (χ1) is 17.0. The molecule has 7 heteroatoms. The Morgan fingerprint density at radius 2 is 1.77 bits per heavy atom. The number of aryl methyl sites for hydroxylation is 2. The Hall–Kier alpha value is -4.23. The van der Waals surface area contributed by atoms with Gasteiger partial charge >= 0.3 is 0 Å². The van der Waals surface area contributed by atoms with Gasteiger partial charge in [-0.2, -0.15) is 0 Å². The number of amides is 1. The molecule has 3 N–H and O–H groups in total. The summed E-state index contributed by atoms with van der Waals surface area (Å²) < 4.78 is 12.3. The minimum absolute atomic E-state index is 0.124. The first kappa shape index (κ1) is 21.3. The van der Waals surface area contributed by atoms with E-state index in [4.69, 9.17) is 15.2 Å². The number of pyridine rings is 2. The number of nitrogens with one attached hydrogen (secondary N) is 1. The van der Waals surface area contributed by atoms with Gasteiger partial charge in [0, 0.05) is 24.0 Å². The maximum atomic E-state index is 13.0. The zero-order chi connectivity index (χ0) is 24.1. The smallest absolute Gasteiger partial charge is 0.251 e. The van der Waals surface area contributed by atoms with Crippen LogP contribution in [0.15, 0.2) is 67.0 Å². The summed E-state index contributed by atoms with van der Waals surface area (Å²) in [6.07, 6.45) is 3.04. The molecule has 2 unspecified atom stereocenters. The lowest BCUT2D eigenvalue weighted by Crippen LogP contribution is -2.24. The number of nitrogens with zero attached hydrogens (tertiary/aromatic N) is 2. The van der Waals surface area contributed by atoms with Crippen molar-refractivity contribution in [2.75, 3.05) is 5.73 Å². The molecular formula is C28H24N4O3. The summed E-state index contributed by atoms with van der Waals surface area (Å²) in [6.45, 7) is 4.26. The first-order valence-corrected chi connectivity index (χ1v) is 11.5. The fourth-order valence-electron chi connectivity index (χ4n) is 5.00. The highest BCUT2D eigenvalue weighted by atomic mass is 16.5. The zero-order valence-corrected chi connectivity index (χ0v) is 19.4. The molecule has 0 aliphatic carbocycles. The normalized spacial score (nSPS) is 17.1. The third-order valence-corrected chi connectivity index (χ3v) is 6.68. The van der Waals surface area contributed by atoms with Crippen molar-refractivity contribution in [3.8, 4) is 11.5 Å². The number of carbonyl (C=O) groups is 1. The van der Waals surface area contributed by atoms with Gasteiger partial charge < -0.3 is 20.5 Å². The number of hydrogen-bond acceptors (Lipinski definition) is 6. The number of benzene rings is 2. The lowest BCUT2D eigenvalue weighted by molar-refractivity contribution is 0.0857. The van der Waals surface area contributed by atoms with E-state index in [1.54, 1.807) is 12.4 Å². The second kappa shape index (κ2) is 8.21. The van der Waals surface area contributed by atoms with Gasteiger partial charge in [-0.1, -0.05) is 12.1 Å². The minimum Gasteiger partial charge on any atom is -0.456 e. The van der Waals surface area contributed by atoms with Crippen molar-refractivity contribution < 1.29 is 14.3 Å². The van der Waals surface area contributed by atoms with Crippen LogP contribution < -0.4 is 15.8 Å². The van der Waals surface area contributed by atoms with E-state index in [1.807, 2.05) is 62.4 Å². The summed E-state index contributed by atoms with van der Waals surface area (Å²) in [6, 6.07) is 17.3. The molecule has 2 aliphatic heterocycles. The maximum absolute atomic E-state index is 13.0. The number of nitrogen functional groups attached to an aromatic ring is 1. The van der Waals surface area contributed by atoms with Crippen molar-refractivity contribution in [2.24, 2.45) is 0 Å². The van der Waals surface area contributed by atoms with Gasteiger partial charge in [0.2, 0.25) is 0 Å². The molecule has 2 aliphatic rings. The number of fused-ring (bicyclic) bond motifs is 8. The van der Waals surface area contributed by atoms with Crippen LogP contribution in [0.5, 0.6) is 11.5 Å². The molecule has 4 heterocycles. The van der Waals surface area contributed by atoms with Crippen molar-refractivity contribution in [3.05, 3.63) is 112 Å². The number of anilines is 1. The molecule has 2 bridgehead atoms. The SMILES string of the molecule is Cc1cc(N)nc(C)c1CNC(=O)c1ccc2c(c1)C1OC2c2ccc(Oc3cccnc3)cc21. The fourth-order valence-corrected chi connectivity index (χ4v) is 5.00. The van der Waals surface area contributed by atoms with Crippen LogP contribution in [-0.2, 0) is 11.3 Å². The van der Waals surface area contributed by atoms with E-state index in [1.165, 1.54) is 0 Å². The van der Waals surface area contributed by atoms with Gasteiger partial charge in [-0.25, -0.2) is 4.98 Å². The molecule has 2 atom stereocenters. The third kappa shape index (κ3) is 3.70. The molecule has 0 saturated carbocycles. The number of carbonyl (C=O) groups excluding carboxylic acids is 1. The molecule has 1 amide bonds. The molecule has 0 saturated heterocycles. The highest BCUT2D eigenvalue weighted by Gasteiger charge is 2.43. The Kier molecular flexibility index (Phi) is 5.00. The minimum atomic E-state index is -0.221. The number of nitrogens with two attached hydrogens (primary N) is 1. The lowest BCUT2D eigenvalue weighted by Gasteiger charge is -2.18. The van der Waals surface area contributed by atoms with Gasteiger partial charge in [0.25, 0.3) is 5.91 Å². The van der Waals surface area contributed by atoms with Crippen LogP contribution in [0.2, 0.25) is 0 Å². The highest BCUT2D eigenvalue weighted by Crippen LogP contribution is 2.55. The molecule has 0 spiro atoms. The second-order valence-corrected chi connectivity index (χ2v) is 8.93. The second-order valence-electron chi connectivity index (χ2n) is 8.93.